The number of carbonyl (C=O) groups excluding carboxylic acids is 1. The molecule has 5 nitrogen and oxygen atoms in total. The van der Waals surface area contributed by atoms with Crippen molar-refractivity contribution < 1.29 is 4.79 Å². The molecule has 0 aliphatic carbocycles. The average molecular weight is 330 g/mol. The van der Waals surface area contributed by atoms with Gasteiger partial charge in [0.2, 0.25) is 0 Å². The lowest BCUT2D eigenvalue weighted by Crippen LogP contribution is -2.13. The number of hydrogen-bond acceptors (Lipinski definition) is 3. The Hall–Kier alpha value is -1.40. The van der Waals surface area contributed by atoms with Crippen LogP contribution in [0.1, 0.15) is 16.1 Å². The van der Waals surface area contributed by atoms with E-state index in [-0.39, 0.29) is 5.91 Å². The summed E-state index contributed by atoms with van der Waals surface area (Å²) >= 11 is 9.03. The van der Waals surface area contributed by atoms with Gasteiger partial charge in [0.25, 0.3) is 5.91 Å². The van der Waals surface area contributed by atoms with Gasteiger partial charge in [-0.3, -0.25) is 9.48 Å². The summed E-state index contributed by atoms with van der Waals surface area (Å²) in [4.78, 5) is 15.9. The largest absolute Gasteiger partial charge is 0.320 e. The third-order valence-electron chi connectivity index (χ3n) is 2.53. The number of amides is 1. The van der Waals surface area contributed by atoms with Crippen LogP contribution in [-0.4, -0.2) is 20.7 Å². The number of aryl methyl sites for hydroxylation is 1. The zero-order valence-corrected chi connectivity index (χ0v) is 12.1. The number of rotatable bonds is 2. The van der Waals surface area contributed by atoms with Crippen LogP contribution >= 0.6 is 27.5 Å². The molecule has 0 spiro atoms. The summed E-state index contributed by atoms with van der Waals surface area (Å²) < 4.78 is 2.27. The van der Waals surface area contributed by atoms with Crippen molar-refractivity contribution >= 4 is 39.1 Å². The molecule has 0 saturated heterocycles. The maximum absolute atomic E-state index is 12.0. The van der Waals surface area contributed by atoms with Crippen molar-refractivity contribution in [2.24, 2.45) is 7.05 Å². The lowest BCUT2D eigenvalue weighted by Gasteiger charge is -2.05. The fourth-order valence-electron chi connectivity index (χ4n) is 1.41. The van der Waals surface area contributed by atoms with Crippen LogP contribution in [0.3, 0.4) is 0 Å². The van der Waals surface area contributed by atoms with Crippen molar-refractivity contribution in [3.05, 3.63) is 39.3 Å². The molecule has 2 aromatic heterocycles. The van der Waals surface area contributed by atoms with Crippen LogP contribution in [0, 0.1) is 6.92 Å². The first-order valence-electron chi connectivity index (χ1n) is 5.10. The van der Waals surface area contributed by atoms with Crippen LogP contribution in [-0.2, 0) is 7.05 Å². The molecule has 0 unspecified atom stereocenters. The molecule has 18 heavy (non-hydrogen) atoms. The van der Waals surface area contributed by atoms with Gasteiger partial charge in [-0.15, -0.1) is 0 Å². The number of anilines is 1. The fraction of sp³-hybridized carbons (Fsp3) is 0.182. The van der Waals surface area contributed by atoms with E-state index in [0.29, 0.717) is 20.9 Å². The third kappa shape index (κ3) is 2.54. The van der Waals surface area contributed by atoms with E-state index >= 15 is 0 Å². The van der Waals surface area contributed by atoms with Crippen molar-refractivity contribution in [2.45, 2.75) is 6.92 Å². The van der Waals surface area contributed by atoms with Gasteiger partial charge in [0.05, 0.1) is 28.1 Å². The van der Waals surface area contributed by atoms with Gasteiger partial charge in [-0.25, -0.2) is 4.98 Å². The van der Waals surface area contributed by atoms with Crippen molar-refractivity contribution in [3.63, 3.8) is 0 Å². The first-order chi connectivity index (χ1) is 8.49. The number of hydrogen-bond donors (Lipinski definition) is 1. The Morgan fingerprint density at radius 3 is 2.78 bits per heavy atom. The van der Waals surface area contributed by atoms with Gasteiger partial charge in [0.15, 0.2) is 0 Å². The Kier molecular flexibility index (Phi) is 3.68. The fourth-order valence-corrected chi connectivity index (χ4v) is 1.86. The molecule has 7 heteroatoms. The highest BCUT2D eigenvalue weighted by molar-refractivity contribution is 9.10. The summed E-state index contributed by atoms with van der Waals surface area (Å²) in [6.07, 6.45) is 3.03. The number of nitrogens with zero attached hydrogens (tertiary/aromatic N) is 3. The zero-order valence-electron chi connectivity index (χ0n) is 9.74. The third-order valence-corrected chi connectivity index (χ3v) is 3.67. The molecular weight excluding hydrogens is 320 g/mol. The van der Waals surface area contributed by atoms with Gasteiger partial charge < -0.3 is 5.32 Å². The summed E-state index contributed by atoms with van der Waals surface area (Å²) in [5, 5.41) is 7.11. The molecule has 0 aliphatic heterocycles. The van der Waals surface area contributed by atoms with Gasteiger partial charge in [0.1, 0.15) is 5.15 Å². The maximum Gasteiger partial charge on any atom is 0.259 e. The minimum atomic E-state index is -0.225. The second kappa shape index (κ2) is 5.07. The number of nitrogens with one attached hydrogen (secondary N) is 1. The molecule has 0 atom stereocenters. The van der Waals surface area contributed by atoms with E-state index < -0.39 is 0 Å². The highest BCUT2D eigenvalue weighted by Gasteiger charge is 2.13. The molecule has 1 N–H and O–H groups in total. The molecule has 94 valence electrons. The number of pyridine rings is 1. The minimum Gasteiger partial charge on any atom is -0.320 e. The number of aromatic nitrogens is 3. The van der Waals surface area contributed by atoms with Crippen LogP contribution in [0.25, 0.3) is 0 Å². The van der Waals surface area contributed by atoms with E-state index in [0.717, 1.165) is 5.69 Å². The van der Waals surface area contributed by atoms with Crippen LogP contribution < -0.4 is 5.32 Å². The lowest BCUT2D eigenvalue weighted by molar-refractivity contribution is 0.102. The number of carbonyl (C=O) groups is 1. The van der Waals surface area contributed by atoms with Gasteiger partial charge in [0, 0.05) is 12.7 Å². The van der Waals surface area contributed by atoms with E-state index in [2.05, 4.69) is 31.3 Å². The van der Waals surface area contributed by atoms with E-state index in [1.54, 1.807) is 17.8 Å². The second-order valence-corrected chi connectivity index (χ2v) is 4.93. The molecule has 0 aliphatic rings. The summed E-state index contributed by atoms with van der Waals surface area (Å²) in [7, 11) is 1.78. The summed E-state index contributed by atoms with van der Waals surface area (Å²) in [5.41, 5.74) is 1.90. The SMILES string of the molecule is Cc1c(C(=O)Nc2cnc(Cl)c(Br)c2)cnn1C. The standard InChI is InChI=1S/C11H10BrClN4O/c1-6-8(5-15-17(6)2)11(18)16-7-3-9(12)10(13)14-4-7/h3-5H,1-2H3,(H,16,18). The molecular formula is C11H10BrClN4O. The highest BCUT2D eigenvalue weighted by atomic mass is 79.9. The highest BCUT2D eigenvalue weighted by Crippen LogP contribution is 2.23. The zero-order chi connectivity index (χ0) is 13.3. The second-order valence-electron chi connectivity index (χ2n) is 3.72. The van der Waals surface area contributed by atoms with Crippen molar-refractivity contribution in [1.29, 1.82) is 0 Å². The summed E-state index contributed by atoms with van der Waals surface area (Å²) in [6, 6.07) is 1.69. The molecule has 1 amide bonds. The van der Waals surface area contributed by atoms with Crippen molar-refractivity contribution in [2.75, 3.05) is 5.32 Å². The van der Waals surface area contributed by atoms with E-state index in [1.807, 2.05) is 6.92 Å². The smallest absolute Gasteiger partial charge is 0.259 e. The lowest BCUT2D eigenvalue weighted by atomic mass is 10.2. The van der Waals surface area contributed by atoms with E-state index in [9.17, 15) is 4.79 Å². The molecule has 0 aromatic carbocycles. The van der Waals surface area contributed by atoms with Gasteiger partial charge in [-0.1, -0.05) is 11.6 Å². The quantitative estimate of drug-likeness (QED) is 0.862. The first-order valence-corrected chi connectivity index (χ1v) is 6.27. The minimum absolute atomic E-state index is 0.225. The summed E-state index contributed by atoms with van der Waals surface area (Å²) in [6.45, 7) is 1.83. The van der Waals surface area contributed by atoms with Crippen LogP contribution in [0.15, 0.2) is 22.9 Å². The van der Waals surface area contributed by atoms with Gasteiger partial charge in [-0.2, -0.15) is 5.10 Å². The molecule has 0 fully saturated rings. The van der Waals surface area contributed by atoms with Gasteiger partial charge in [-0.05, 0) is 28.9 Å². The Bertz CT molecular complexity index is 611. The molecule has 2 aromatic rings. The summed E-state index contributed by atoms with van der Waals surface area (Å²) in [5.74, 6) is -0.225. The molecule has 2 rings (SSSR count). The molecule has 0 bridgehead atoms. The topological polar surface area (TPSA) is 59.8 Å². The average Bonchev–Trinajstić information content (AvgIpc) is 2.65. The van der Waals surface area contributed by atoms with Crippen LogP contribution in [0.2, 0.25) is 5.15 Å². The molecule has 2 heterocycles. The Labute approximate surface area is 117 Å². The number of halogens is 2. The Morgan fingerprint density at radius 2 is 2.22 bits per heavy atom. The predicted octanol–water partition coefficient (Wildman–Crippen LogP) is 2.79. The van der Waals surface area contributed by atoms with E-state index in [1.165, 1.54) is 12.4 Å². The molecule has 0 saturated carbocycles. The molecule has 0 radical (unpaired) electrons. The first kappa shape index (κ1) is 13.0. The Morgan fingerprint density at radius 1 is 1.50 bits per heavy atom. The van der Waals surface area contributed by atoms with Crippen molar-refractivity contribution in [1.82, 2.24) is 14.8 Å². The predicted molar refractivity (Wildman–Crippen MR) is 72.8 cm³/mol. The Balaban J connectivity index is 2.21. The van der Waals surface area contributed by atoms with Crippen LogP contribution in [0.4, 0.5) is 5.69 Å². The normalized spacial score (nSPS) is 10.4. The van der Waals surface area contributed by atoms with Crippen LogP contribution in [0.5, 0.6) is 0 Å². The maximum atomic E-state index is 12.0. The van der Waals surface area contributed by atoms with E-state index in [4.69, 9.17) is 11.6 Å². The van der Waals surface area contributed by atoms with Gasteiger partial charge >= 0.3 is 0 Å². The van der Waals surface area contributed by atoms with Crippen molar-refractivity contribution in [3.8, 4) is 0 Å². The monoisotopic (exact) mass is 328 g/mol.